The quantitative estimate of drug-likeness (QED) is 0.323. The molecule has 4 N–H and O–H groups in total. The highest BCUT2D eigenvalue weighted by molar-refractivity contribution is 7.92. The van der Waals surface area contributed by atoms with Crippen LogP contribution in [0.25, 0.3) is 0 Å². The molecule has 0 aliphatic heterocycles. The van der Waals surface area contributed by atoms with Crippen LogP contribution in [0.1, 0.15) is 25.8 Å². The van der Waals surface area contributed by atoms with Gasteiger partial charge in [-0.25, -0.2) is 8.42 Å². The Morgan fingerprint density at radius 3 is 2.70 bits per heavy atom. The maximum absolute atomic E-state index is 11.9. The maximum Gasteiger partial charge on any atom is 0.232 e. The standard InChI is InChI=1S/C12H18ClN3O3S/c1-8(2)5-6-20(18,19)16-11-7-9(12(14)15-17)3-4-10(11)13/h3-4,7-8,16-17H,5-6H2,1-2H3,(H2,14,15). The fourth-order valence-electron chi connectivity index (χ4n) is 1.43. The first-order chi connectivity index (χ1) is 9.25. The van der Waals surface area contributed by atoms with Crippen LogP contribution in [0.15, 0.2) is 23.4 Å². The van der Waals surface area contributed by atoms with Gasteiger partial charge < -0.3 is 10.9 Å². The minimum Gasteiger partial charge on any atom is -0.409 e. The molecule has 8 heteroatoms. The van der Waals surface area contributed by atoms with E-state index in [1.165, 1.54) is 18.2 Å². The van der Waals surface area contributed by atoms with Crippen LogP contribution in [0.3, 0.4) is 0 Å². The number of halogens is 1. The zero-order chi connectivity index (χ0) is 15.3. The van der Waals surface area contributed by atoms with Crippen LogP contribution in [-0.2, 0) is 10.0 Å². The summed E-state index contributed by atoms with van der Waals surface area (Å²) in [6.45, 7) is 3.89. The minimum atomic E-state index is -3.48. The Hall–Kier alpha value is -1.47. The number of hydrogen-bond donors (Lipinski definition) is 3. The molecule has 0 atom stereocenters. The van der Waals surface area contributed by atoms with E-state index in [0.717, 1.165) is 0 Å². The Morgan fingerprint density at radius 1 is 1.50 bits per heavy atom. The highest BCUT2D eigenvalue weighted by Crippen LogP contribution is 2.24. The predicted molar refractivity (Wildman–Crippen MR) is 80.8 cm³/mol. The molecule has 6 nitrogen and oxygen atoms in total. The van der Waals surface area contributed by atoms with Gasteiger partial charge in [0.1, 0.15) is 0 Å². The predicted octanol–water partition coefficient (Wildman–Crippen LogP) is 2.22. The Kier molecular flexibility index (Phi) is 5.64. The summed E-state index contributed by atoms with van der Waals surface area (Å²) < 4.78 is 26.3. The number of hydrogen-bond acceptors (Lipinski definition) is 4. The van der Waals surface area contributed by atoms with Crippen LogP contribution in [0.4, 0.5) is 5.69 Å². The Morgan fingerprint density at radius 2 is 2.15 bits per heavy atom. The van der Waals surface area contributed by atoms with Crippen molar-refractivity contribution in [3.8, 4) is 0 Å². The minimum absolute atomic E-state index is 0.00872. The number of sulfonamides is 1. The normalized spacial score (nSPS) is 12.7. The fourth-order valence-corrected chi connectivity index (χ4v) is 3.04. The van der Waals surface area contributed by atoms with Crippen molar-refractivity contribution >= 4 is 33.1 Å². The van der Waals surface area contributed by atoms with Gasteiger partial charge in [-0.2, -0.15) is 0 Å². The van der Waals surface area contributed by atoms with Gasteiger partial charge in [0.25, 0.3) is 0 Å². The highest BCUT2D eigenvalue weighted by Gasteiger charge is 2.14. The molecule has 0 radical (unpaired) electrons. The molecular formula is C12H18ClN3O3S. The molecule has 0 saturated heterocycles. The van der Waals surface area contributed by atoms with Crippen molar-refractivity contribution in [1.82, 2.24) is 0 Å². The average molecular weight is 320 g/mol. The zero-order valence-corrected chi connectivity index (χ0v) is 12.9. The lowest BCUT2D eigenvalue weighted by Crippen LogP contribution is -2.19. The van der Waals surface area contributed by atoms with Gasteiger partial charge in [0.2, 0.25) is 10.0 Å². The van der Waals surface area contributed by atoms with E-state index in [9.17, 15) is 8.42 Å². The molecule has 20 heavy (non-hydrogen) atoms. The smallest absolute Gasteiger partial charge is 0.232 e. The van der Waals surface area contributed by atoms with Crippen molar-refractivity contribution in [2.24, 2.45) is 16.8 Å². The molecule has 1 aromatic rings. The molecule has 0 unspecified atom stereocenters. The maximum atomic E-state index is 11.9. The third-order valence-electron chi connectivity index (χ3n) is 2.60. The first-order valence-electron chi connectivity index (χ1n) is 6.03. The molecule has 0 fully saturated rings. The van der Waals surface area contributed by atoms with Gasteiger partial charge >= 0.3 is 0 Å². The van der Waals surface area contributed by atoms with Crippen LogP contribution in [-0.4, -0.2) is 25.2 Å². The number of nitrogens with one attached hydrogen (secondary N) is 1. The molecule has 0 aliphatic rings. The molecule has 0 amide bonds. The Balaban J connectivity index is 2.97. The molecule has 0 saturated carbocycles. The van der Waals surface area contributed by atoms with Crippen LogP contribution < -0.4 is 10.5 Å². The van der Waals surface area contributed by atoms with Crippen LogP contribution in [0.5, 0.6) is 0 Å². The summed E-state index contributed by atoms with van der Waals surface area (Å²) in [6.07, 6.45) is 0.548. The lowest BCUT2D eigenvalue weighted by Gasteiger charge is -2.11. The molecular weight excluding hydrogens is 302 g/mol. The van der Waals surface area contributed by atoms with E-state index in [2.05, 4.69) is 9.88 Å². The van der Waals surface area contributed by atoms with Gasteiger partial charge in [0.05, 0.1) is 16.5 Å². The summed E-state index contributed by atoms with van der Waals surface area (Å²) >= 11 is 5.94. The number of nitrogens with two attached hydrogens (primary N) is 1. The summed E-state index contributed by atoms with van der Waals surface area (Å²) in [5, 5.41) is 11.7. The molecule has 112 valence electrons. The largest absolute Gasteiger partial charge is 0.409 e. The Bertz CT molecular complexity index is 600. The third-order valence-corrected chi connectivity index (χ3v) is 4.23. The zero-order valence-electron chi connectivity index (χ0n) is 11.3. The number of amidine groups is 1. The second kappa shape index (κ2) is 6.81. The summed E-state index contributed by atoms with van der Waals surface area (Å²) in [4.78, 5) is 0. The molecule has 1 rings (SSSR count). The lowest BCUT2D eigenvalue weighted by molar-refractivity contribution is 0.318. The van der Waals surface area contributed by atoms with Crippen LogP contribution >= 0.6 is 11.6 Å². The summed E-state index contributed by atoms with van der Waals surface area (Å²) in [5.74, 6) is 0.171. The lowest BCUT2D eigenvalue weighted by atomic mass is 10.2. The third kappa shape index (κ3) is 4.90. The van der Waals surface area contributed by atoms with Crippen molar-refractivity contribution in [2.45, 2.75) is 20.3 Å². The van der Waals surface area contributed by atoms with Crippen molar-refractivity contribution < 1.29 is 13.6 Å². The first kappa shape index (κ1) is 16.6. The summed E-state index contributed by atoms with van der Waals surface area (Å²) in [6, 6.07) is 4.43. The van der Waals surface area contributed by atoms with E-state index in [4.69, 9.17) is 22.5 Å². The second-order valence-corrected chi connectivity index (χ2v) is 7.03. The molecule has 0 aliphatic carbocycles. The second-order valence-electron chi connectivity index (χ2n) is 4.78. The average Bonchev–Trinajstić information content (AvgIpc) is 2.38. The molecule has 0 heterocycles. The number of oxime groups is 1. The fraction of sp³-hybridized carbons (Fsp3) is 0.417. The topological polar surface area (TPSA) is 105 Å². The van der Waals surface area contributed by atoms with Gasteiger partial charge in [0, 0.05) is 5.56 Å². The van der Waals surface area contributed by atoms with E-state index in [1.807, 2.05) is 13.8 Å². The van der Waals surface area contributed by atoms with Crippen molar-refractivity contribution in [3.05, 3.63) is 28.8 Å². The van der Waals surface area contributed by atoms with Crippen LogP contribution in [0, 0.1) is 5.92 Å². The molecule has 0 aromatic heterocycles. The van der Waals surface area contributed by atoms with Gasteiger partial charge in [-0.05, 0) is 30.5 Å². The summed E-state index contributed by atoms with van der Waals surface area (Å²) in [5.41, 5.74) is 6.04. The van der Waals surface area contributed by atoms with Gasteiger partial charge in [-0.1, -0.05) is 30.6 Å². The van der Waals surface area contributed by atoms with Gasteiger partial charge in [-0.15, -0.1) is 0 Å². The van der Waals surface area contributed by atoms with Crippen molar-refractivity contribution in [2.75, 3.05) is 10.5 Å². The SMILES string of the molecule is CC(C)CCS(=O)(=O)Nc1cc(/C(N)=N/O)ccc1Cl. The summed E-state index contributed by atoms with van der Waals surface area (Å²) in [7, 11) is -3.48. The molecule has 0 bridgehead atoms. The van der Waals surface area contributed by atoms with E-state index in [1.54, 1.807) is 0 Å². The van der Waals surface area contributed by atoms with Gasteiger partial charge in [0.15, 0.2) is 5.84 Å². The highest BCUT2D eigenvalue weighted by atomic mass is 35.5. The molecule has 1 aromatic carbocycles. The van der Waals surface area contributed by atoms with Gasteiger partial charge in [-0.3, -0.25) is 4.72 Å². The van der Waals surface area contributed by atoms with E-state index in [-0.39, 0.29) is 28.2 Å². The monoisotopic (exact) mass is 319 g/mol. The van der Waals surface area contributed by atoms with E-state index < -0.39 is 10.0 Å². The number of nitrogens with zero attached hydrogens (tertiary/aromatic N) is 1. The number of benzene rings is 1. The molecule has 0 spiro atoms. The Labute approximate surface area is 123 Å². The van der Waals surface area contributed by atoms with Crippen LogP contribution in [0.2, 0.25) is 5.02 Å². The van der Waals surface area contributed by atoms with Crippen molar-refractivity contribution in [1.29, 1.82) is 0 Å². The number of rotatable bonds is 6. The van der Waals surface area contributed by atoms with E-state index >= 15 is 0 Å². The first-order valence-corrected chi connectivity index (χ1v) is 8.06. The number of anilines is 1. The van der Waals surface area contributed by atoms with E-state index in [0.29, 0.717) is 12.0 Å². The van der Waals surface area contributed by atoms with Crippen molar-refractivity contribution in [3.63, 3.8) is 0 Å².